The summed E-state index contributed by atoms with van der Waals surface area (Å²) in [7, 11) is 0. The molecule has 0 saturated heterocycles. The Morgan fingerprint density at radius 1 is 1.35 bits per heavy atom. The van der Waals surface area contributed by atoms with Gasteiger partial charge in [0.05, 0.1) is 11.7 Å². The molecule has 3 N–H and O–H groups in total. The lowest BCUT2D eigenvalue weighted by Gasteiger charge is -2.12. The molecule has 23 heavy (non-hydrogen) atoms. The maximum absolute atomic E-state index is 11.9. The van der Waals surface area contributed by atoms with E-state index >= 15 is 0 Å². The van der Waals surface area contributed by atoms with Crippen LogP contribution in [-0.4, -0.2) is 16.9 Å². The van der Waals surface area contributed by atoms with Crippen molar-refractivity contribution in [3.63, 3.8) is 0 Å². The number of nitrogens with two attached hydrogens (primary N) is 1. The van der Waals surface area contributed by atoms with Crippen molar-refractivity contribution in [2.24, 2.45) is 5.73 Å². The number of hydrogen-bond donors (Lipinski definition) is 2. The second kappa shape index (κ2) is 9.37. The van der Waals surface area contributed by atoms with Crippen molar-refractivity contribution in [1.29, 1.82) is 0 Å². The number of nitrogens with zero attached hydrogens (tertiary/aromatic N) is 1. The number of halogens is 2. The SMILES string of the molecule is CC(N)CCC(=O)NC(C)c1nc(-c2ccc(Br)cc2)cs1.Cl. The Morgan fingerprint density at radius 2 is 2.00 bits per heavy atom. The average Bonchev–Trinajstić information content (AvgIpc) is 2.96. The van der Waals surface area contributed by atoms with Crippen LogP contribution >= 0.6 is 39.7 Å². The smallest absolute Gasteiger partial charge is 0.220 e. The monoisotopic (exact) mass is 417 g/mol. The normalized spacial score (nSPS) is 13.0. The molecule has 0 saturated carbocycles. The quantitative estimate of drug-likeness (QED) is 0.735. The number of rotatable bonds is 6. The van der Waals surface area contributed by atoms with Gasteiger partial charge in [-0.05, 0) is 32.4 Å². The van der Waals surface area contributed by atoms with Gasteiger partial charge in [-0.15, -0.1) is 23.7 Å². The third-order valence-corrected chi connectivity index (χ3v) is 4.79. The fourth-order valence-electron chi connectivity index (χ4n) is 1.97. The highest BCUT2D eigenvalue weighted by Gasteiger charge is 2.14. The van der Waals surface area contributed by atoms with Gasteiger partial charge >= 0.3 is 0 Å². The van der Waals surface area contributed by atoms with Gasteiger partial charge in [0.1, 0.15) is 5.01 Å². The zero-order chi connectivity index (χ0) is 16.1. The Hall–Kier alpha value is -0.950. The van der Waals surface area contributed by atoms with Crippen LogP contribution in [0.15, 0.2) is 34.1 Å². The molecule has 0 spiro atoms. The number of hydrogen-bond acceptors (Lipinski definition) is 4. The first kappa shape index (κ1) is 20.1. The van der Waals surface area contributed by atoms with Crippen LogP contribution in [0.5, 0.6) is 0 Å². The zero-order valence-electron chi connectivity index (χ0n) is 13.1. The molecule has 1 aromatic carbocycles. The van der Waals surface area contributed by atoms with Crippen LogP contribution in [0.1, 0.15) is 37.7 Å². The highest BCUT2D eigenvalue weighted by atomic mass is 79.9. The Balaban J connectivity index is 0.00000264. The van der Waals surface area contributed by atoms with Crippen molar-refractivity contribution in [1.82, 2.24) is 10.3 Å². The second-order valence-corrected chi connectivity index (χ2v) is 7.19. The molecule has 126 valence electrons. The fraction of sp³-hybridized carbons (Fsp3) is 0.375. The number of carbonyl (C=O) groups is 1. The van der Waals surface area contributed by atoms with E-state index in [9.17, 15) is 4.79 Å². The van der Waals surface area contributed by atoms with Gasteiger partial charge < -0.3 is 11.1 Å². The van der Waals surface area contributed by atoms with Crippen molar-refractivity contribution >= 4 is 45.6 Å². The van der Waals surface area contributed by atoms with Crippen LogP contribution in [0, 0.1) is 0 Å². The highest BCUT2D eigenvalue weighted by molar-refractivity contribution is 9.10. The van der Waals surface area contributed by atoms with E-state index in [1.165, 1.54) is 0 Å². The summed E-state index contributed by atoms with van der Waals surface area (Å²) in [5.74, 6) is 0.0187. The van der Waals surface area contributed by atoms with Gasteiger partial charge in [-0.2, -0.15) is 0 Å². The van der Waals surface area contributed by atoms with Gasteiger partial charge in [-0.1, -0.05) is 28.1 Å². The molecular weight excluding hydrogens is 398 g/mol. The zero-order valence-corrected chi connectivity index (χ0v) is 16.3. The Bertz CT molecular complexity index is 631. The standard InChI is InChI=1S/C16H20BrN3OS.ClH/c1-10(18)3-8-15(21)19-11(2)16-20-14(9-22-16)12-4-6-13(17)7-5-12;/h4-7,9-11H,3,8,18H2,1-2H3,(H,19,21);1H. The van der Waals surface area contributed by atoms with Crippen molar-refractivity contribution in [3.05, 3.63) is 39.1 Å². The molecule has 7 heteroatoms. The number of thiazole rings is 1. The maximum atomic E-state index is 11.9. The van der Waals surface area contributed by atoms with Crippen molar-refractivity contribution in [2.45, 2.75) is 38.8 Å². The predicted molar refractivity (Wildman–Crippen MR) is 102 cm³/mol. The van der Waals surface area contributed by atoms with E-state index in [0.29, 0.717) is 12.8 Å². The summed E-state index contributed by atoms with van der Waals surface area (Å²) >= 11 is 4.98. The first-order chi connectivity index (χ1) is 10.5. The lowest BCUT2D eigenvalue weighted by Crippen LogP contribution is -2.28. The van der Waals surface area contributed by atoms with E-state index in [1.54, 1.807) is 11.3 Å². The van der Waals surface area contributed by atoms with E-state index in [2.05, 4.69) is 26.2 Å². The van der Waals surface area contributed by atoms with Gasteiger partial charge in [0.2, 0.25) is 5.91 Å². The van der Waals surface area contributed by atoms with Gasteiger partial charge in [-0.3, -0.25) is 4.79 Å². The summed E-state index contributed by atoms with van der Waals surface area (Å²) in [6.07, 6.45) is 1.15. The number of benzene rings is 1. The summed E-state index contributed by atoms with van der Waals surface area (Å²) in [5, 5.41) is 5.90. The molecule has 0 aliphatic carbocycles. The van der Waals surface area contributed by atoms with Gasteiger partial charge in [0, 0.05) is 27.9 Å². The Labute approximate surface area is 155 Å². The molecule has 0 radical (unpaired) electrons. The Morgan fingerprint density at radius 3 is 2.61 bits per heavy atom. The first-order valence-corrected chi connectivity index (χ1v) is 8.89. The van der Waals surface area contributed by atoms with Gasteiger partial charge in [0.15, 0.2) is 0 Å². The molecular formula is C16H21BrClN3OS. The topological polar surface area (TPSA) is 68.0 Å². The van der Waals surface area contributed by atoms with E-state index in [-0.39, 0.29) is 30.4 Å². The van der Waals surface area contributed by atoms with Crippen molar-refractivity contribution < 1.29 is 4.79 Å². The van der Waals surface area contributed by atoms with E-state index in [0.717, 1.165) is 20.7 Å². The lowest BCUT2D eigenvalue weighted by molar-refractivity contribution is -0.121. The minimum Gasteiger partial charge on any atom is -0.347 e. The van der Waals surface area contributed by atoms with E-state index in [4.69, 9.17) is 5.73 Å². The fourth-order valence-corrected chi connectivity index (χ4v) is 3.07. The van der Waals surface area contributed by atoms with Gasteiger partial charge in [0.25, 0.3) is 0 Å². The molecule has 0 fully saturated rings. The third-order valence-electron chi connectivity index (χ3n) is 3.24. The Kier molecular flexibility index (Phi) is 8.19. The minimum absolute atomic E-state index is 0. The molecule has 0 aliphatic rings. The molecule has 1 heterocycles. The summed E-state index contributed by atoms with van der Waals surface area (Å²) in [5.41, 5.74) is 7.67. The molecule has 2 rings (SSSR count). The molecule has 4 nitrogen and oxygen atoms in total. The first-order valence-electron chi connectivity index (χ1n) is 7.22. The summed E-state index contributed by atoms with van der Waals surface area (Å²) < 4.78 is 1.04. The van der Waals surface area contributed by atoms with Crippen LogP contribution in [0.3, 0.4) is 0 Å². The van der Waals surface area contributed by atoms with Crippen LogP contribution in [0.2, 0.25) is 0 Å². The largest absolute Gasteiger partial charge is 0.347 e. The number of nitrogens with one attached hydrogen (secondary N) is 1. The summed E-state index contributed by atoms with van der Waals surface area (Å²) in [6, 6.07) is 7.99. The third kappa shape index (κ3) is 6.22. The molecule has 1 amide bonds. The molecule has 2 unspecified atom stereocenters. The molecule has 1 aromatic heterocycles. The number of carbonyl (C=O) groups excluding carboxylic acids is 1. The van der Waals surface area contributed by atoms with E-state index < -0.39 is 0 Å². The van der Waals surface area contributed by atoms with E-state index in [1.807, 2.05) is 43.5 Å². The predicted octanol–water partition coefficient (Wildman–Crippen LogP) is 4.30. The summed E-state index contributed by atoms with van der Waals surface area (Å²) in [4.78, 5) is 16.5. The average molecular weight is 419 g/mol. The molecule has 2 aromatic rings. The number of aromatic nitrogens is 1. The van der Waals surface area contributed by atoms with Crippen molar-refractivity contribution in [3.8, 4) is 11.3 Å². The summed E-state index contributed by atoms with van der Waals surface area (Å²) in [6.45, 7) is 3.86. The van der Waals surface area contributed by atoms with Crippen LogP contribution in [-0.2, 0) is 4.79 Å². The van der Waals surface area contributed by atoms with Crippen LogP contribution < -0.4 is 11.1 Å². The van der Waals surface area contributed by atoms with Crippen molar-refractivity contribution in [2.75, 3.05) is 0 Å². The number of amides is 1. The molecule has 0 aliphatic heterocycles. The van der Waals surface area contributed by atoms with Crippen LogP contribution in [0.25, 0.3) is 11.3 Å². The maximum Gasteiger partial charge on any atom is 0.220 e. The lowest BCUT2D eigenvalue weighted by atomic mass is 10.2. The molecule has 2 atom stereocenters. The minimum atomic E-state index is -0.0882. The molecule has 0 bridgehead atoms. The second-order valence-electron chi connectivity index (χ2n) is 5.38. The van der Waals surface area contributed by atoms with Crippen LogP contribution in [0.4, 0.5) is 0 Å². The highest BCUT2D eigenvalue weighted by Crippen LogP contribution is 2.26. The van der Waals surface area contributed by atoms with Gasteiger partial charge in [-0.25, -0.2) is 4.98 Å².